The van der Waals surface area contributed by atoms with Crippen molar-refractivity contribution >= 4 is 17.3 Å². The minimum Gasteiger partial charge on any atom is -0.399 e. The Labute approximate surface area is 96.4 Å². The summed E-state index contributed by atoms with van der Waals surface area (Å²) >= 11 is 0. The summed E-state index contributed by atoms with van der Waals surface area (Å²) < 4.78 is 0. The van der Waals surface area contributed by atoms with Crippen LogP contribution in [0.1, 0.15) is 11.1 Å². The first-order chi connectivity index (χ1) is 7.40. The normalized spacial score (nSPS) is 10.6. The number of likely N-dealkylation sites (N-methyl/N-ethyl adjacent to an activating group) is 1. The van der Waals surface area contributed by atoms with E-state index in [9.17, 15) is 4.79 Å². The number of nitrogens with one attached hydrogen (secondary N) is 1. The number of nitrogen functional groups attached to an aromatic ring is 1. The number of carbonyl (C=O) groups excluding carboxylic acids is 1. The van der Waals surface area contributed by atoms with Gasteiger partial charge in [0.15, 0.2) is 0 Å². The van der Waals surface area contributed by atoms with Gasteiger partial charge in [0.2, 0.25) is 5.91 Å². The third-order valence-corrected chi connectivity index (χ3v) is 2.28. The Kier molecular flexibility index (Phi) is 3.90. The average Bonchev–Trinajstić information content (AvgIpc) is 2.09. The molecule has 4 nitrogen and oxygen atoms in total. The zero-order chi connectivity index (χ0) is 12.3. The number of rotatable bonds is 3. The lowest BCUT2D eigenvalue weighted by Crippen LogP contribution is -2.27. The molecule has 1 rings (SSSR count). The van der Waals surface area contributed by atoms with Crippen LogP contribution in [0.25, 0.3) is 0 Å². The summed E-state index contributed by atoms with van der Waals surface area (Å²) in [5.74, 6) is -0.0130. The molecule has 0 unspecified atom stereocenters. The number of benzene rings is 1. The van der Waals surface area contributed by atoms with Crippen molar-refractivity contribution in [2.45, 2.75) is 13.8 Å². The fourth-order valence-corrected chi connectivity index (χ4v) is 1.66. The first kappa shape index (κ1) is 12.5. The number of hydrogen-bond acceptors (Lipinski definition) is 3. The standard InChI is InChI=1S/C12H19N3O/c1-8-5-10(13)6-9(2)12(8)14-11(16)7-15(3)4/h5-6H,7,13H2,1-4H3,(H,14,16). The van der Waals surface area contributed by atoms with Crippen LogP contribution in [0, 0.1) is 13.8 Å². The van der Waals surface area contributed by atoms with E-state index in [0.717, 1.165) is 22.5 Å². The van der Waals surface area contributed by atoms with Gasteiger partial charge in [0.05, 0.1) is 6.54 Å². The molecule has 1 aromatic rings. The number of carbonyl (C=O) groups is 1. The molecular formula is C12H19N3O. The van der Waals surface area contributed by atoms with Crippen LogP contribution in [0.3, 0.4) is 0 Å². The van der Waals surface area contributed by atoms with Crippen LogP contribution in [0.4, 0.5) is 11.4 Å². The minimum absolute atomic E-state index is 0.0130. The van der Waals surface area contributed by atoms with Crippen molar-refractivity contribution in [2.24, 2.45) is 0 Å². The number of anilines is 2. The van der Waals surface area contributed by atoms with Crippen LogP contribution in [-0.2, 0) is 4.79 Å². The highest BCUT2D eigenvalue weighted by Gasteiger charge is 2.08. The molecule has 0 aliphatic rings. The van der Waals surface area contributed by atoms with Crippen molar-refractivity contribution in [3.05, 3.63) is 23.3 Å². The van der Waals surface area contributed by atoms with E-state index in [2.05, 4.69) is 5.32 Å². The Hall–Kier alpha value is -1.55. The topological polar surface area (TPSA) is 58.4 Å². The van der Waals surface area contributed by atoms with E-state index in [1.807, 2.05) is 45.0 Å². The molecule has 3 N–H and O–H groups in total. The van der Waals surface area contributed by atoms with Crippen molar-refractivity contribution in [1.29, 1.82) is 0 Å². The van der Waals surface area contributed by atoms with E-state index in [4.69, 9.17) is 5.73 Å². The molecule has 88 valence electrons. The SMILES string of the molecule is Cc1cc(N)cc(C)c1NC(=O)CN(C)C. The molecule has 0 saturated heterocycles. The molecule has 0 radical (unpaired) electrons. The number of hydrogen-bond donors (Lipinski definition) is 2. The first-order valence-corrected chi connectivity index (χ1v) is 5.21. The summed E-state index contributed by atoms with van der Waals surface area (Å²) in [6, 6.07) is 3.72. The lowest BCUT2D eigenvalue weighted by molar-refractivity contribution is -0.116. The largest absolute Gasteiger partial charge is 0.399 e. The molecule has 0 saturated carbocycles. The monoisotopic (exact) mass is 221 g/mol. The Balaban J connectivity index is 2.85. The third kappa shape index (κ3) is 3.24. The lowest BCUT2D eigenvalue weighted by atomic mass is 10.1. The average molecular weight is 221 g/mol. The Morgan fingerprint density at radius 2 is 1.81 bits per heavy atom. The van der Waals surface area contributed by atoms with Gasteiger partial charge in [-0.3, -0.25) is 4.79 Å². The second-order valence-corrected chi connectivity index (χ2v) is 4.32. The van der Waals surface area contributed by atoms with Gasteiger partial charge in [-0.15, -0.1) is 0 Å². The smallest absolute Gasteiger partial charge is 0.238 e. The molecule has 1 amide bonds. The second kappa shape index (κ2) is 4.99. The zero-order valence-electron chi connectivity index (χ0n) is 10.3. The van der Waals surface area contributed by atoms with Crippen molar-refractivity contribution in [3.63, 3.8) is 0 Å². The first-order valence-electron chi connectivity index (χ1n) is 5.21. The van der Waals surface area contributed by atoms with E-state index in [-0.39, 0.29) is 5.91 Å². The third-order valence-electron chi connectivity index (χ3n) is 2.28. The van der Waals surface area contributed by atoms with Crippen molar-refractivity contribution in [1.82, 2.24) is 4.90 Å². The van der Waals surface area contributed by atoms with Gasteiger partial charge in [-0.25, -0.2) is 0 Å². The zero-order valence-corrected chi connectivity index (χ0v) is 10.3. The van der Waals surface area contributed by atoms with Crippen LogP contribution in [0.2, 0.25) is 0 Å². The number of nitrogens with two attached hydrogens (primary N) is 1. The molecule has 0 heterocycles. The van der Waals surface area contributed by atoms with E-state index in [1.54, 1.807) is 0 Å². The molecule has 0 aromatic heterocycles. The van der Waals surface area contributed by atoms with Crippen LogP contribution in [0.15, 0.2) is 12.1 Å². The molecule has 0 fully saturated rings. The van der Waals surface area contributed by atoms with Crippen LogP contribution in [0.5, 0.6) is 0 Å². The maximum absolute atomic E-state index is 11.6. The molecule has 0 aliphatic heterocycles. The van der Waals surface area contributed by atoms with Gasteiger partial charge >= 0.3 is 0 Å². The summed E-state index contributed by atoms with van der Waals surface area (Å²) in [5.41, 5.74) is 9.28. The van der Waals surface area contributed by atoms with Gasteiger partial charge < -0.3 is 16.0 Å². The summed E-state index contributed by atoms with van der Waals surface area (Å²) in [6.07, 6.45) is 0. The van der Waals surface area contributed by atoms with Crippen LogP contribution >= 0.6 is 0 Å². The highest BCUT2D eigenvalue weighted by Crippen LogP contribution is 2.23. The number of aryl methyl sites for hydroxylation is 2. The predicted octanol–water partition coefficient (Wildman–Crippen LogP) is 1.39. The number of nitrogens with zero attached hydrogens (tertiary/aromatic N) is 1. The van der Waals surface area contributed by atoms with E-state index in [1.165, 1.54) is 0 Å². The molecular weight excluding hydrogens is 202 g/mol. The van der Waals surface area contributed by atoms with Crippen molar-refractivity contribution in [2.75, 3.05) is 31.7 Å². The maximum atomic E-state index is 11.6. The molecule has 0 atom stereocenters. The molecule has 0 aliphatic carbocycles. The quantitative estimate of drug-likeness (QED) is 0.758. The van der Waals surface area contributed by atoms with Gasteiger partial charge in [0, 0.05) is 11.4 Å². The fourth-order valence-electron chi connectivity index (χ4n) is 1.66. The van der Waals surface area contributed by atoms with Crippen LogP contribution < -0.4 is 11.1 Å². The molecule has 0 spiro atoms. The fraction of sp³-hybridized carbons (Fsp3) is 0.417. The Bertz CT molecular complexity index is 376. The minimum atomic E-state index is -0.0130. The predicted molar refractivity (Wildman–Crippen MR) is 67.5 cm³/mol. The maximum Gasteiger partial charge on any atom is 0.238 e. The van der Waals surface area contributed by atoms with E-state index in [0.29, 0.717) is 6.54 Å². The summed E-state index contributed by atoms with van der Waals surface area (Å²) in [6.45, 7) is 4.26. The lowest BCUT2D eigenvalue weighted by Gasteiger charge is -2.14. The van der Waals surface area contributed by atoms with Crippen molar-refractivity contribution in [3.8, 4) is 0 Å². The Morgan fingerprint density at radius 3 is 2.25 bits per heavy atom. The summed E-state index contributed by atoms with van der Waals surface area (Å²) in [7, 11) is 3.73. The molecule has 1 aromatic carbocycles. The molecule has 4 heteroatoms. The number of amides is 1. The van der Waals surface area contributed by atoms with Crippen molar-refractivity contribution < 1.29 is 4.79 Å². The van der Waals surface area contributed by atoms with Gasteiger partial charge in [-0.1, -0.05) is 0 Å². The van der Waals surface area contributed by atoms with Gasteiger partial charge in [-0.05, 0) is 51.2 Å². The van der Waals surface area contributed by atoms with Crippen LogP contribution in [-0.4, -0.2) is 31.4 Å². The molecule has 0 bridgehead atoms. The Morgan fingerprint density at radius 1 is 1.31 bits per heavy atom. The highest BCUT2D eigenvalue weighted by atomic mass is 16.2. The van der Waals surface area contributed by atoms with Gasteiger partial charge in [0.1, 0.15) is 0 Å². The highest BCUT2D eigenvalue weighted by molar-refractivity contribution is 5.94. The van der Waals surface area contributed by atoms with Gasteiger partial charge in [0.25, 0.3) is 0 Å². The van der Waals surface area contributed by atoms with E-state index < -0.39 is 0 Å². The second-order valence-electron chi connectivity index (χ2n) is 4.32. The van der Waals surface area contributed by atoms with Gasteiger partial charge in [-0.2, -0.15) is 0 Å². The summed E-state index contributed by atoms with van der Waals surface area (Å²) in [4.78, 5) is 13.5. The van der Waals surface area contributed by atoms with E-state index >= 15 is 0 Å². The molecule has 16 heavy (non-hydrogen) atoms. The summed E-state index contributed by atoms with van der Waals surface area (Å²) in [5, 5.41) is 2.90.